The number of hydrogen-bond donors (Lipinski definition) is 1. The van der Waals surface area contributed by atoms with Crippen LogP contribution in [0.2, 0.25) is 0 Å². The Balaban J connectivity index is 2.06. The standard InChI is InChI=1S/C14H19N3O4/c1-10-7-12(9-13(8-10)17(19)20)15-11(2)14(18)16-3-5-21-6-4-16/h7-9,11,15H,3-6H2,1-2H3. The second kappa shape index (κ2) is 6.53. The number of benzene rings is 1. The minimum Gasteiger partial charge on any atom is -0.378 e. The van der Waals surface area contributed by atoms with Crippen molar-refractivity contribution in [1.29, 1.82) is 0 Å². The summed E-state index contributed by atoms with van der Waals surface area (Å²) in [5, 5.41) is 13.9. The number of anilines is 1. The molecule has 1 aliphatic heterocycles. The average molecular weight is 293 g/mol. The van der Waals surface area contributed by atoms with E-state index in [0.717, 1.165) is 5.56 Å². The van der Waals surface area contributed by atoms with Crippen LogP contribution in [0.1, 0.15) is 12.5 Å². The number of nitrogens with zero attached hydrogens (tertiary/aromatic N) is 2. The molecule has 1 unspecified atom stereocenters. The SMILES string of the molecule is Cc1cc(NC(C)C(=O)N2CCOCC2)cc([N+](=O)[O-])c1. The molecule has 1 aromatic carbocycles. The minimum absolute atomic E-state index is 0.0171. The molecule has 1 N–H and O–H groups in total. The van der Waals surface area contributed by atoms with Gasteiger partial charge in [0.2, 0.25) is 5.91 Å². The molecule has 1 aromatic rings. The van der Waals surface area contributed by atoms with Gasteiger partial charge in [0.15, 0.2) is 0 Å². The van der Waals surface area contributed by atoms with Crippen LogP contribution in [0.4, 0.5) is 11.4 Å². The first-order valence-corrected chi connectivity index (χ1v) is 6.86. The number of aryl methyl sites for hydroxylation is 1. The maximum atomic E-state index is 12.3. The maximum Gasteiger partial charge on any atom is 0.271 e. The summed E-state index contributed by atoms with van der Waals surface area (Å²) in [5.74, 6) is -0.0255. The summed E-state index contributed by atoms with van der Waals surface area (Å²) in [7, 11) is 0. The highest BCUT2D eigenvalue weighted by Crippen LogP contribution is 2.21. The molecule has 0 bridgehead atoms. The van der Waals surface area contributed by atoms with Crippen LogP contribution in [0.5, 0.6) is 0 Å². The van der Waals surface area contributed by atoms with Crippen molar-refractivity contribution < 1.29 is 14.5 Å². The number of carbonyl (C=O) groups excluding carboxylic acids is 1. The molecule has 7 heteroatoms. The lowest BCUT2D eigenvalue weighted by Crippen LogP contribution is -2.47. The third-order valence-electron chi connectivity index (χ3n) is 3.35. The van der Waals surface area contributed by atoms with E-state index < -0.39 is 11.0 Å². The Labute approximate surface area is 123 Å². The van der Waals surface area contributed by atoms with Crippen molar-refractivity contribution in [3.05, 3.63) is 33.9 Å². The van der Waals surface area contributed by atoms with Crippen molar-refractivity contribution in [1.82, 2.24) is 4.90 Å². The van der Waals surface area contributed by atoms with Crippen LogP contribution in [-0.2, 0) is 9.53 Å². The Hall–Kier alpha value is -2.15. The summed E-state index contributed by atoms with van der Waals surface area (Å²) in [6, 6.07) is 4.29. The van der Waals surface area contributed by atoms with E-state index in [-0.39, 0.29) is 11.6 Å². The van der Waals surface area contributed by atoms with Crippen LogP contribution in [0.3, 0.4) is 0 Å². The van der Waals surface area contributed by atoms with Crippen LogP contribution in [0.15, 0.2) is 18.2 Å². The first-order valence-electron chi connectivity index (χ1n) is 6.86. The molecule has 1 amide bonds. The Kier molecular flexibility index (Phi) is 4.74. The first kappa shape index (κ1) is 15.2. The fourth-order valence-electron chi connectivity index (χ4n) is 2.32. The van der Waals surface area contributed by atoms with Crippen molar-refractivity contribution in [3.8, 4) is 0 Å². The van der Waals surface area contributed by atoms with Gasteiger partial charge in [0.1, 0.15) is 6.04 Å². The molecule has 1 aliphatic rings. The number of non-ortho nitro benzene ring substituents is 1. The quantitative estimate of drug-likeness (QED) is 0.672. The highest BCUT2D eigenvalue weighted by atomic mass is 16.6. The smallest absolute Gasteiger partial charge is 0.271 e. The van der Waals surface area contributed by atoms with E-state index in [2.05, 4.69) is 5.32 Å². The lowest BCUT2D eigenvalue weighted by atomic mass is 10.1. The lowest BCUT2D eigenvalue weighted by molar-refractivity contribution is -0.384. The lowest BCUT2D eigenvalue weighted by Gasteiger charge is -2.29. The van der Waals surface area contributed by atoms with Crippen LogP contribution in [0, 0.1) is 17.0 Å². The summed E-state index contributed by atoms with van der Waals surface area (Å²) >= 11 is 0. The van der Waals surface area contributed by atoms with Crippen molar-refractivity contribution in [3.63, 3.8) is 0 Å². The molecule has 7 nitrogen and oxygen atoms in total. The van der Waals surface area contributed by atoms with Crippen LogP contribution < -0.4 is 5.32 Å². The number of nitro groups is 1. The number of nitro benzene ring substituents is 1. The van der Waals surface area contributed by atoms with Gasteiger partial charge in [-0.15, -0.1) is 0 Å². The Morgan fingerprint density at radius 3 is 2.67 bits per heavy atom. The molecule has 0 spiro atoms. The fraction of sp³-hybridized carbons (Fsp3) is 0.500. The monoisotopic (exact) mass is 293 g/mol. The van der Waals surface area contributed by atoms with Gasteiger partial charge in [-0.3, -0.25) is 14.9 Å². The Morgan fingerprint density at radius 1 is 1.38 bits per heavy atom. The van der Waals surface area contributed by atoms with E-state index in [4.69, 9.17) is 4.74 Å². The Morgan fingerprint density at radius 2 is 2.05 bits per heavy atom. The van der Waals surface area contributed by atoms with Crippen LogP contribution in [0.25, 0.3) is 0 Å². The maximum absolute atomic E-state index is 12.3. The molecule has 0 saturated carbocycles. The summed E-state index contributed by atoms with van der Waals surface area (Å²) in [5.41, 5.74) is 1.37. The molecule has 1 saturated heterocycles. The molecule has 1 heterocycles. The zero-order valence-corrected chi connectivity index (χ0v) is 12.2. The number of rotatable bonds is 4. The largest absolute Gasteiger partial charge is 0.378 e. The second-order valence-electron chi connectivity index (χ2n) is 5.12. The van der Waals surface area contributed by atoms with E-state index in [0.29, 0.717) is 32.0 Å². The molecule has 0 aliphatic carbocycles. The highest BCUT2D eigenvalue weighted by molar-refractivity contribution is 5.84. The van der Waals surface area contributed by atoms with Gasteiger partial charge in [0.25, 0.3) is 5.69 Å². The predicted octanol–water partition coefficient (Wildman–Crippen LogP) is 1.56. The van der Waals surface area contributed by atoms with Gasteiger partial charge in [0.05, 0.1) is 18.1 Å². The Bertz CT molecular complexity index is 541. The summed E-state index contributed by atoms with van der Waals surface area (Å²) in [6.45, 7) is 5.80. The number of hydrogen-bond acceptors (Lipinski definition) is 5. The fourth-order valence-corrected chi connectivity index (χ4v) is 2.32. The summed E-state index contributed by atoms with van der Waals surface area (Å²) < 4.78 is 5.22. The molecule has 1 atom stereocenters. The average Bonchev–Trinajstić information content (AvgIpc) is 2.46. The molecule has 1 fully saturated rings. The van der Waals surface area contributed by atoms with E-state index in [1.165, 1.54) is 12.1 Å². The number of morpholine rings is 1. The van der Waals surface area contributed by atoms with Gasteiger partial charge in [0, 0.05) is 30.9 Å². The molecular weight excluding hydrogens is 274 g/mol. The van der Waals surface area contributed by atoms with Crippen molar-refractivity contribution >= 4 is 17.3 Å². The molecular formula is C14H19N3O4. The molecule has 0 aromatic heterocycles. The molecule has 2 rings (SSSR count). The second-order valence-corrected chi connectivity index (χ2v) is 5.12. The van der Waals surface area contributed by atoms with E-state index >= 15 is 0 Å². The normalized spacial score (nSPS) is 16.4. The number of amides is 1. The van der Waals surface area contributed by atoms with E-state index in [9.17, 15) is 14.9 Å². The van der Waals surface area contributed by atoms with Gasteiger partial charge in [-0.05, 0) is 25.5 Å². The molecule has 21 heavy (non-hydrogen) atoms. The van der Waals surface area contributed by atoms with Crippen LogP contribution in [-0.4, -0.2) is 48.1 Å². The van der Waals surface area contributed by atoms with Crippen molar-refractivity contribution in [2.24, 2.45) is 0 Å². The van der Waals surface area contributed by atoms with E-state index in [1.54, 1.807) is 24.8 Å². The number of carbonyl (C=O) groups is 1. The summed E-state index contributed by atoms with van der Waals surface area (Å²) in [6.07, 6.45) is 0. The third kappa shape index (κ3) is 3.91. The molecule has 114 valence electrons. The highest BCUT2D eigenvalue weighted by Gasteiger charge is 2.22. The van der Waals surface area contributed by atoms with E-state index in [1.807, 2.05) is 0 Å². The van der Waals surface area contributed by atoms with Gasteiger partial charge >= 0.3 is 0 Å². The third-order valence-corrected chi connectivity index (χ3v) is 3.35. The molecule has 0 radical (unpaired) electrons. The zero-order chi connectivity index (χ0) is 15.4. The van der Waals surface area contributed by atoms with Gasteiger partial charge in [-0.2, -0.15) is 0 Å². The number of nitrogens with one attached hydrogen (secondary N) is 1. The zero-order valence-electron chi connectivity index (χ0n) is 12.2. The summed E-state index contributed by atoms with van der Waals surface area (Å²) in [4.78, 5) is 24.4. The predicted molar refractivity (Wildman–Crippen MR) is 78.3 cm³/mol. The van der Waals surface area contributed by atoms with Gasteiger partial charge in [-0.1, -0.05) is 0 Å². The van der Waals surface area contributed by atoms with Crippen LogP contribution >= 0.6 is 0 Å². The number of ether oxygens (including phenoxy) is 1. The topological polar surface area (TPSA) is 84.7 Å². The van der Waals surface area contributed by atoms with Crippen molar-refractivity contribution in [2.75, 3.05) is 31.6 Å². The van der Waals surface area contributed by atoms with Gasteiger partial charge < -0.3 is 15.0 Å². The first-order chi connectivity index (χ1) is 9.97. The van der Waals surface area contributed by atoms with Crippen molar-refractivity contribution in [2.45, 2.75) is 19.9 Å². The minimum atomic E-state index is -0.440. The van der Waals surface area contributed by atoms with Gasteiger partial charge in [-0.25, -0.2) is 0 Å².